The molecule has 1 fully saturated rings. The quantitative estimate of drug-likeness (QED) is 0.355. The van der Waals surface area contributed by atoms with Gasteiger partial charge in [0.05, 0.1) is 16.9 Å². The summed E-state index contributed by atoms with van der Waals surface area (Å²) in [5, 5.41) is 0. The van der Waals surface area contributed by atoms with Gasteiger partial charge in [-0.05, 0) is 62.7 Å². The van der Waals surface area contributed by atoms with Crippen LogP contribution >= 0.6 is 0 Å². The van der Waals surface area contributed by atoms with Crippen LogP contribution in [0.4, 0.5) is 15.8 Å². The van der Waals surface area contributed by atoms with Gasteiger partial charge >= 0.3 is 5.76 Å². The Labute approximate surface area is 179 Å². The summed E-state index contributed by atoms with van der Waals surface area (Å²) in [5.74, 6) is -0.760. The van der Waals surface area contributed by atoms with E-state index >= 15 is 0 Å². The minimum atomic E-state index is -0.388. The molecule has 3 aromatic rings. The Morgan fingerprint density at radius 1 is 1.06 bits per heavy atom. The number of fused-ring (bicyclic) bond motifs is 1. The summed E-state index contributed by atoms with van der Waals surface area (Å²) in [6, 6.07) is 9.68. The molecular formula is C23H27FN4O3. The third kappa shape index (κ3) is 4.64. The Morgan fingerprint density at radius 2 is 1.81 bits per heavy atom. The number of carbonyl (C=O) groups excluding carboxylic acids is 1. The molecule has 1 aromatic heterocycles. The van der Waals surface area contributed by atoms with Crippen LogP contribution < -0.4 is 16.4 Å². The number of piperazine rings is 1. The van der Waals surface area contributed by atoms with Crippen molar-refractivity contribution in [3.05, 3.63) is 58.3 Å². The van der Waals surface area contributed by atoms with Gasteiger partial charge in [-0.25, -0.2) is 9.18 Å². The SMILES string of the molecule is CC(=O)c1ccc2c(c1)oc(=O)n2CCCCN1CCN(c2ccc(F)cc2N)CC1. The Balaban J connectivity index is 1.27. The Hall–Kier alpha value is -3.13. The number of hydrogen-bond donors (Lipinski definition) is 1. The molecular weight excluding hydrogens is 399 g/mol. The van der Waals surface area contributed by atoms with Crippen LogP contribution in [0.15, 0.2) is 45.6 Å². The molecule has 0 spiro atoms. The maximum Gasteiger partial charge on any atom is 0.419 e. The van der Waals surface area contributed by atoms with E-state index in [0.29, 0.717) is 23.4 Å². The highest BCUT2D eigenvalue weighted by Gasteiger charge is 2.19. The fraction of sp³-hybridized carbons (Fsp3) is 0.391. The van der Waals surface area contributed by atoms with Crippen molar-refractivity contribution >= 4 is 28.3 Å². The molecule has 0 radical (unpaired) electrons. The molecule has 164 valence electrons. The third-order valence-electron chi connectivity index (χ3n) is 5.88. The highest BCUT2D eigenvalue weighted by molar-refractivity contribution is 5.96. The molecule has 1 saturated heterocycles. The standard InChI is InChI=1S/C23H27FN4O3/c1-16(29)17-4-6-21-22(14-17)31-23(30)28(21)9-3-2-8-26-10-12-27(13-11-26)20-7-5-18(24)15-19(20)25/h4-7,14-15H,2-3,8-13,25H2,1H3. The minimum absolute atomic E-state index is 0.0560. The smallest absolute Gasteiger partial charge is 0.408 e. The number of halogens is 1. The Bertz CT molecular complexity index is 1150. The normalized spacial score (nSPS) is 15.0. The lowest BCUT2D eigenvalue weighted by molar-refractivity contribution is 0.101. The summed E-state index contributed by atoms with van der Waals surface area (Å²) in [6.07, 6.45) is 1.82. The van der Waals surface area contributed by atoms with Crippen molar-refractivity contribution in [1.82, 2.24) is 9.47 Å². The highest BCUT2D eigenvalue weighted by atomic mass is 19.1. The van der Waals surface area contributed by atoms with E-state index in [1.807, 2.05) is 0 Å². The average molecular weight is 426 g/mol. The summed E-state index contributed by atoms with van der Waals surface area (Å²) < 4.78 is 20.2. The first kappa shape index (κ1) is 21.1. The molecule has 8 heteroatoms. The molecule has 31 heavy (non-hydrogen) atoms. The first-order valence-electron chi connectivity index (χ1n) is 10.6. The number of carbonyl (C=O) groups is 1. The Kier molecular flexibility index (Phi) is 6.08. The predicted molar refractivity (Wildman–Crippen MR) is 119 cm³/mol. The maximum atomic E-state index is 13.3. The minimum Gasteiger partial charge on any atom is -0.408 e. The molecule has 0 aliphatic carbocycles. The first-order valence-corrected chi connectivity index (χ1v) is 10.6. The molecule has 4 rings (SSSR count). The molecule has 2 N–H and O–H groups in total. The van der Waals surface area contributed by atoms with E-state index in [1.165, 1.54) is 19.1 Å². The lowest BCUT2D eigenvalue weighted by Crippen LogP contribution is -2.46. The third-order valence-corrected chi connectivity index (χ3v) is 5.88. The molecule has 0 unspecified atom stereocenters. The number of oxazole rings is 1. The van der Waals surface area contributed by atoms with Gasteiger partial charge in [0.15, 0.2) is 11.4 Å². The Morgan fingerprint density at radius 3 is 2.52 bits per heavy atom. The van der Waals surface area contributed by atoms with Gasteiger partial charge in [0.2, 0.25) is 0 Å². The van der Waals surface area contributed by atoms with Crippen molar-refractivity contribution in [3.63, 3.8) is 0 Å². The molecule has 0 bridgehead atoms. The van der Waals surface area contributed by atoms with Crippen LogP contribution in [0.25, 0.3) is 11.1 Å². The highest BCUT2D eigenvalue weighted by Crippen LogP contribution is 2.25. The lowest BCUT2D eigenvalue weighted by atomic mass is 10.1. The molecule has 0 saturated carbocycles. The molecule has 1 aliphatic heterocycles. The van der Waals surface area contributed by atoms with Crippen LogP contribution in [0.5, 0.6) is 0 Å². The number of nitrogens with zero attached hydrogens (tertiary/aromatic N) is 3. The van der Waals surface area contributed by atoms with E-state index in [1.54, 1.807) is 28.8 Å². The zero-order chi connectivity index (χ0) is 22.0. The van der Waals surface area contributed by atoms with Crippen molar-refractivity contribution in [3.8, 4) is 0 Å². The van der Waals surface area contributed by atoms with Gasteiger partial charge in [0.1, 0.15) is 5.82 Å². The zero-order valence-corrected chi connectivity index (χ0v) is 17.6. The van der Waals surface area contributed by atoms with E-state index < -0.39 is 0 Å². The fourth-order valence-corrected chi connectivity index (χ4v) is 4.13. The second-order valence-corrected chi connectivity index (χ2v) is 8.00. The topological polar surface area (TPSA) is 84.7 Å². The summed E-state index contributed by atoms with van der Waals surface area (Å²) >= 11 is 0. The fourth-order valence-electron chi connectivity index (χ4n) is 4.13. The number of nitrogens with two attached hydrogens (primary N) is 1. The van der Waals surface area contributed by atoms with Gasteiger partial charge in [-0.1, -0.05) is 0 Å². The zero-order valence-electron chi connectivity index (χ0n) is 17.6. The second-order valence-electron chi connectivity index (χ2n) is 8.00. The summed E-state index contributed by atoms with van der Waals surface area (Å²) in [4.78, 5) is 28.3. The molecule has 0 atom stereocenters. The van der Waals surface area contributed by atoms with Crippen molar-refractivity contribution in [2.45, 2.75) is 26.3 Å². The number of aryl methyl sites for hydroxylation is 1. The van der Waals surface area contributed by atoms with Crippen LogP contribution in [0.3, 0.4) is 0 Å². The number of aromatic nitrogens is 1. The molecule has 2 heterocycles. The maximum absolute atomic E-state index is 13.3. The molecule has 2 aromatic carbocycles. The largest absolute Gasteiger partial charge is 0.419 e. The summed E-state index contributed by atoms with van der Waals surface area (Å²) in [7, 11) is 0. The van der Waals surface area contributed by atoms with Gasteiger partial charge in [0, 0.05) is 38.3 Å². The second kappa shape index (κ2) is 8.93. The first-order chi connectivity index (χ1) is 14.9. The number of rotatable bonds is 7. The van der Waals surface area contributed by atoms with Crippen LogP contribution in [0.1, 0.15) is 30.1 Å². The monoisotopic (exact) mass is 426 g/mol. The van der Waals surface area contributed by atoms with E-state index in [2.05, 4.69) is 9.80 Å². The summed E-state index contributed by atoms with van der Waals surface area (Å²) in [5.41, 5.74) is 9.03. The number of Topliss-reactive ketones (excluding diaryl/α,β-unsaturated/α-hetero) is 1. The van der Waals surface area contributed by atoms with Crippen molar-refractivity contribution in [2.24, 2.45) is 0 Å². The summed E-state index contributed by atoms with van der Waals surface area (Å²) in [6.45, 7) is 6.55. The predicted octanol–water partition coefficient (Wildman–Crippen LogP) is 3.12. The van der Waals surface area contributed by atoms with E-state index in [0.717, 1.165) is 56.8 Å². The number of anilines is 2. The number of nitrogen functional groups attached to an aromatic ring is 1. The van der Waals surface area contributed by atoms with Gasteiger partial charge in [-0.3, -0.25) is 14.3 Å². The van der Waals surface area contributed by atoms with Gasteiger partial charge in [-0.2, -0.15) is 0 Å². The number of benzene rings is 2. The van der Waals surface area contributed by atoms with Crippen LogP contribution in [-0.4, -0.2) is 48.0 Å². The number of hydrogen-bond acceptors (Lipinski definition) is 6. The number of unbranched alkanes of at least 4 members (excludes halogenated alkanes) is 1. The van der Waals surface area contributed by atoms with Gasteiger partial charge < -0.3 is 15.1 Å². The molecule has 1 aliphatic rings. The average Bonchev–Trinajstić information content (AvgIpc) is 3.06. The van der Waals surface area contributed by atoms with Crippen molar-refractivity contribution in [1.29, 1.82) is 0 Å². The van der Waals surface area contributed by atoms with E-state index in [-0.39, 0.29) is 17.4 Å². The lowest BCUT2D eigenvalue weighted by Gasteiger charge is -2.36. The van der Waals surface area contributed by atoms with Crippen molar-refractivity contribution in [2.75, 3.05) is 43.4 Å². The van der Waals surface area contributed by atoms with Crippen LogP contribution in [0.2, 0.25) is 0 Å². The number of ketones is 1. The van der Waals surface area contributed by atoms with Gasteiger partial charge in [-0.15, -0.1) is 0 Å². The van der Waals surface area contributed by atoms with E-state index in [9.17, 15) is 14.0 Å². The van der Waals surface area contributed by atoms with E-state index in [4.69, 9.17) is 10.2 Å². The van der Waals surface area contributed by atoms with Crippen LogP contribution in [0, 0.1) is 5.82 Å². The molecule has 7 nitrogen and oxygen atoms in total. The molecule has 0 amide bonds. The van der Waals surface area contributed by atoms with Crippen molar-refractivity contribution < 1.29 is 13.6 Å². The van der Waals surface area contributed by atoms with Crippen LogP contribution in [-0.2, 0) is 6.54 Å². The van der Waals surface area contributed by atoms with Gasteiger partial charge in [0.25, 0.3) is 0 Å².